The standard InChI is InChI=1S/C28H30F2N6O3/c1-16(2)36-17(3)32-27-21(29)13-18(14-23(27)36)26-22(30)15-31-28(35-26)34-20-11-9-19(10-12-20)33-24(37)7-5-6-8-25(38)39-4/h9-16H,5-8H2,1-4H3,(H,33,37)(H,31,34,35). The third-order valence-electron chi connectivity index (χ3n) is 6.15. The van der Waals surface area contributed by atoms with Crippen LogP contribution in [0.15, 0.2) is 42.6 Å². The Morgan fingerprint density at radius 1 is 1.00 bits per heavy atom. The summed E-state index contributed by atoms with van der Waals surface area (Å²) in [5.74, 6) is -0.902. The number of amides is 1. The van der Waals surface area contributed by atoms with Crippen molar-refractivity contribution < 1.29 is 23.1 Å². The minimum Gasteiger partial charge on any atom is -0.469 e. The number of aromatic nitrogens is 4. The van der Waals surface area contributed by atoms with E-state index in [0.29, 0.717) is 35.6 Å². The molecule has 4 aromatic rings. The van der Waals surface area contributed by atoms with Crippen LogP contribution in [-0.2, 0) is 14.3 Å². The summed E-state index contributed by atoms with van der Waals surface area (Å²) in [5, 5.41) is 5.81. The van der Waals surface area contributed by atoms with Crippen molar-refractivity contribution in [2.24, 2.45) is 0 Å². The van der Waals surface area contributed by atoms with Gasteiger partial charge in [-0.05, 0) is 70.0 Å². The number of imidazole rings is 1. The zero-order chi connectivity index (χ0) is 28.1. The largest absolute Gasteiger partial charge is 0.469 e. The molecule has 0 bridgehead atoms. The van der Waals surface area contributed by atoms with Crippen LogP contribution < -0.4 is 10.6 Å². The molecule has 0 spiro atoms. The fourth-order valence-electron chi connectivity index (χ4n) is 4.33. The first-order valence-electron chi connectivity index (χ1n) is 12.6. The quantitative estimate of drug-likeness (QED) is 0.187. The number of hydrogen-bond donors (Lipinski definition) is 2. The lowest BCUT2D eigenvalue weighted by Gasteiger charge is -2.12. The molecule has 0 saturated heterocycles. The van der Waals surface area contributed by atoms with Crippen molar-refractivity contribution in [1.29, 1.82) is 0 Å². The summed E-state index contributed by atoms with van der Waals surface area (Å²) in [4.78, 5) is 35.9. The second-order valence-electron chi connectivity index (χ2n) is 9.37. The normalized spacial score (nSPS) is 11.2. The van der Waals surface area contributed by atoms with Crippen molar-refractivity contribution in [1.82, 2.24) is 19.5 Å². The van der Waals surface area contributed by atoms with Gasteiger partial charge in [0.15, 0.2) is 11.6 Å². The first-order valence-corrected chi connectivity index (χ1v) is 12.6. The van der Waals surface area contributed by atoms with Crippen LogP contribution in [0.3, 0.4) is 0 Å². The summed E-state index contributed by atoms with van der Waals surface area (Å²) in [7, 11) is 1.33. The molecule has 0 fully saturated rings. The van der Waals surface area contributed by atoms with Gasteiger partial charge in [0.05, 0.1) is 18.8 Å². The van der Waals surface area contributed by atoms with Crippen LogP contribution in [-0.4, -0.2) is 38.5 Å². The van der Waals surface area contributed by atoms with Crippen molar-refractivity contribution in [2.75, 3.05) is 17.7 Å². The number of rotatable bonds is 10. The number of fused-ring (bicyclic) bond motifs is 1. The lowest BCUT2D eigenvalue weighted by Crippen LogP contribution is -2.11. The highest BCUT2D eigenvalue weighted by Crippen LogP contribution is 2.30. The van der Waals surface area contributed by atoms with Gasteiger partial charge in [0.25, 0.3) is 0 Å². The highest BCUT2D eigenvalue weighted by molar-refractivity contribution is 5.91. The molecule has 0 atom stereocenters. The number of aryl methyl sites for hydroxylation is 1. The number of anilines is 3. The Balaban J connectivity index is 1.46. The predicted molar refractivity (Wildman–Crippen MR) is 145 cm³/mol. The molecule has 4 rings (SSSR count). The number of carbonyl (C=O) groups excluding carboxylic acids is 2. The lowest BCUT2D eigenvalue weighted by molar-refractivity contribution is -0.140. The summed E-state index contributed by atoms with van der Waals surface area (Å²) in [5.41, 5.74) is 2.23. The summed E-state index contributed by atoms with van der Waals surface area (Å²) in [6.07, 6.45) is 2.74. The van der Waals surface area contributed by atoms with Gasteiger partial charge in [-0.2, -0.15) is 0 Å². The number of methoxy groups -OCH3 is 1. The molecule has 2 aromatic carbocycles. The summed E-state index contributed by atoms with van der Waals surface area (Å²) >= 11 is 0. The molecule has 1 amide bonds. The van der Waals surface area contributed by atoms with Crippen LogP contribution in [0.25, 0.3) is 22.3 Å². The molecule has 2 heterocycles. The van der Waals surface area contributed by atoms with Crippen LogP contribution in [0.4, 0.5) is 26.1 Å². The van der Waals surface area contributed by atoms with E-state index in [0.717, 1.165) is 6.20 Å². The number of halogens is 2. The molecule has 0 aliphatic rings. The van der Waals surface area contributed by atoms with E-state index in [4.69, 9.17) is 0 Å². The van der Waals surface area contributed by atoms with E-state index in [1.807, 2.05) is 18.4 Å². The average Bonchev–Trinajstić information content (AvgIpc) is 3.25. The van der Waals surface area contributed by atoms with E-state index in [-0.39, 0.29) is 53.5 Å². The molecule has 9 nitrogen and oxygen atoms in total. The van der Waals surface area contributed by atoms with Gasteiger partial charge in [-0.3, -0.25) is 9.59 Å². The van der Waals surface area contributed by atoms with Crippen molar-refractivity contribution >= 4 is 40.2 Å². The average molecular weight is 537 g/mol. The van der Waals surface area contributed by atoms with Gasteiger partial charge < -0.3 is 19.9 Å². The maximum atomic E-state index is 14.9. The maximum Gasteiger partial charge on any atom is 0.305 e. The lowest BCUT2D eigenvalue weighted by atomic mass is 10.1. The molecule has 39 heavy (non-hydrogen) atoms. The Morgan fingerprint density at radius 2 is 1.69 bits per heavy atom. The van der Waals surface area contributed by atoms with Gasteiger partial charge in [-0.1, -0.05) is 0 Å². The van der Waals surface area contributed by atoms with Crippen molar-refractivity contribution in [2.45, 2.75) is 52.5 Å². The van der Waals surface area contributed by atoms with Gasteiger partial charge in [0.1, 0.15) is 17.0 Å². The molecular formula is C28H30F2N6O3. The second kappa shape index (κ2) is 12.0. The van der Waals surface area contributed by atoms with Crippen LogP contribution >= 0.6 is 0 Å². The molecular weight excluding hydrogens is 506 g/mol. The molecule has 2 aromatic heterocycles. The molecule has 2 N–H and O–H groups in total. The van der Waals surface area contributed by atoms with E-state index in [1.54, 1.807) is 37.3 Å². The number of esters is 1. The Hall–Kier alpha value is -4.41. The third kappa shape index (κ3) is 6.54. The number of unbranched alkanes of at least 4 members (excludes halogenated alkanes) is 1. The zero-order valence-corrected chi connectivity index (χ0v) is 22.2. The van der Waals surface area contributed by atoms with Crippen molar-refractivity contribution in [3.05, 3.63) is 60.1 Å². The van der Waals surface area contributed by atoms with E-state index < -0.39 is 11.6 Å². The molecule has 0 aliphatic heterocycles. The smallest absolute Gasteiger partial charge is 0.305 e. The number of hydrogen-bond acceptors (Lipinski definition) is 7. The van der Waals surface area contributed by atoms with Crippen LogP contribution in [0, 0.1) is 18.6 Å². The monoisotopic (exact) mass is 536 g/mol. The number of carbonyl (C=O) groups is 2. The Kier molecular flexibility index (Phi) is 8.48. The van der Waals surface area contributed by atoms with E-state index in [1.165, 1.54) is 13.2 Å². The number of ether oxygens (including phenoxy) is 1. The molecule has 11 heteroatoms. The number of nitrogens with one attached hydrogen (secondary N) is 2. The van der Waals surface area contributed by atoms with Crippen LogP contribution in [0.5, 0.6) is 0 Å². The minimum atomic E-state index is -0.684. The SMILES string of the molecule is COC(=O)CCCCC(=O)Nc1ccc(Nc2ncc(F)c(-c3cc(F)c4nc(C)n(C(C)C)c4c3)n2)cc1. The van der Waals surface area contributed by atoms with Gasteiger partial charge in [-0.25, -0.2) is 23.7 Å². The van der Waals surface area contributed by atoms with Gasteiger partial charge in [0.2, 0.25) is 11.9 Å². The Labute approximate surface area is 224 Å². The van der Waals surface area contributed by atoms with Crippen molar-refractivity contribution in [3.63, 3.8) is 0 Å². The summed E-state index contributed by atoms with van der Waals surface area (Å²) in [6.45, 7) is 5.74. The predicted octanol–water partition coefficient (Wildman–Crippen LogP) is 6.08. The summed E-state index contributed by atoms with van der Waals surface area (Å²) < 4.78 is 36.2. The maximum absolute atomic E-state index is 14.9. The molecule has 0 unspecified atom stereocenters. The Bertz CT molecular complexity index is 1500. The van der Waals surface area contributed by atoms with Gasteiger partial charge in [0, 0.05) is 35.8 Å². The van der Waals surface area contributed by atoms with E-state index in [9.17, 15) is 18.4 Å². The fourth-order valence-corrected chi connectivity index (χ4v) is 4.33. The first-order chi connectivity index (χ1) is 18.7. The van der Waals surface area contributed by atoms with E-state index in [2.05, 4.69) is 30.3 Å². The third-order valence-corrected chi connectivity index (χ3v) is 6.15. The molecule has 0 radical (unpaired) electrons. The minimum absolute atomic E-state index is 0.0384. The summed E-state index contributed by atoms with van der Waals surface area (Å²) in [6, 6.07) is 9.79. The number of benzene rings is 2. The highest BCUT2D eigenvalue weighted by atomic mass is 19.1. The number of nitrogens with zero attached hydrogens (tertiary/aromatic N) is 4. The molecule has 204 valence electrons. The fraction of sp³-hybridized carbons (Fsp3) is 0.321. The van der Waals surface area contributed by atoms with Gasteiger partial charge in [-0.15, -0.1) is 0 Å². The molecule has 0 aliphatic carbocycles. The topological polar surface area (TPSA) is 111 Å². The van der Waals surface area contributed by atoms with Crippen molar-refractivity contribution in [3.8, 4) is 11.3 Å². The molecule has 0 saturated carbocycles. The van der Waals surface area contributed by atoms with Crippen LogP contribution in [0.1, 0.15) is 51.4 Å². The van der Waals surface area contributed by atoms with Crippen LogP contribution in [0.2, 0.25) is 0 Å². The van der Waals surface area contributed by atoms with E-state index >= 15 is 0 Å². The highest BCUT2D eigenvalue weighted by Gasteiger charge is 2.18. The zero-order valence-electron chi connectivity index (χ0n) is 22.2. The van der Waals surface area contributed by atoms with Gasteiger partial charge >= 0.3 is 5.97 Å². The Morgan fingerprint density at radius 3 is 2.38 bits per heavy atom. The second-order valence-corrected chi connectivity index (χ2v) is 9.37. The first kappa shape index (κ1) is 27.6.